The quantitative estimate of drug-likeness (QED) is 0.773. The van der Waals surface area contributed by atoms with Gasteiger partial charge in [-0.25, -0.2) is 4.79 Å². The second-order valence-corrected chi connectivity index (χ2v) is 4.26. The van der Waals surface area contributed by atoms with E-state index >= 15 is 0 Å². The van der Waals surface area contributed by atoms with Crippen LogP contribution in [0.5, 0.6) is 0 Å². The summed E-state index contributed by atoms with van der Waals surface area (Å²) in [5, 5.41) is 3.05. The van der Waals surface area contributed by atoms with Gasteiger partial charge in [0, 0.05) is 5.39 Å². The summed E-state index contributed by atoms with van der Waals surface area (Å²) in [4.78, 5) is 15.5. The highest BCUT2D eigenvalue weighted by molar-refractivity contribution is 7.16. The van der Waals surface area contributed by atoms with E-state index in [4.69, 9.17) is 4.74 Å². The number of ether oxygens (including phenoxy) is 1. The number of hydrogen-bond acceptors (Lipinski definition) is 3. The third-order valence-corrected chi connectivity index (χ3v) is 2.65. The molecule has 1 N–H and O–H groups in total. The normalized spacial score (nSPS) is 11.1. The second-order valence-electron chi connectivity index (χ2n) is 3.34. The highest BCUT2D eigenvalue weighted by Gasteiger charge is 2.12. The molecule has 14 heavy (non-hydrogen) atoms. The highest BCUT2D eigenvalue weighted by Crippen LogP contribution is 2.21. The van der Waals surface area contributed by atoms with Crippen LogP contribution in [0.3, 0.4) is 0 Å². The number of rotatable bonds is 2. The molecule has 0 atom stereocenters. The van der Waals surface area contributed by atoms with Crippen molar-refractivity contribution in [3.05, 3.63) is 23.2 Å². The molecule has 0 aromatic carbocycles. The maximum absolute atomic E-state index is 11.5. The van der Waals surface area contributed by atoms with Crippen LogP contribution in [0.2, 0.25) is 0 Å². The Labute approximate surface area is 85.7 Å². The molecule has 0 fully saturated rings. The summed E-state index contributed by atoms with van der Waals surface area (Å²) in [5.74, 6) is -0.289. The first-order chi connectivity index (χ1) is 6.66. The SMILES string of the molecule is CC(C)OC(=O)c1cc2ccsc2[nH]1. The minimum Gasteiger partial charge on any atom is -0.458 e. The molecule has 0 unspecified atom stereocenters. The van der Waals surface area contributed by atoms with Crippen molar-refractivity contribution in [3.8, 4) is 0 Å². The first-order valence-electron chi connectivity index (χ1n) is 4.44. The van der Waals surface area contributed by atoms with Crippen molar-refractivity contribution >= 4 is 27.5 Å². The van der Waals surface area contributed by atoms with Crippen molar-refractivity contribution in [2.75, 3.05) is 0 Å². The minimum absolute atomic E-state index is 0.0798. The van der Waals surface area contributed by atoms with E-state index in [0.29, 0.717) is 5.69 Å². The van der Waals surface area contributed by atoms with Crippen molar-refractivity contribution in [1.29, 1.82) is 0 Å². The predicted octanol–water partition coefficient (Wildman–Crippen LogP) is 2.79. The molecule has 0 bridgehead atoms. The number of thiophene rings is 1. The Morgan fingerprint density at radius 2 is 2.36 bits per heavy atom. The molecule has 0 aliphatic rings. The van der Waals surface area contributed by atoms with Gasteiger partial charge >= 0.3 is 5.97 Å². The van der Waals surface area contributed by atoms with Crippen LogP contribution in [-0.4, -0.2) is 17.1 Å². The van der Waals surface area contributed by atoms with Gasteiger partial charge < -0.3 is 9.72 Å². The lowest BCUT2D eigenvalue weighted by atomic mass is 10.3. The number of nitrogens with one attached hydrogen (secondary N) is 1. The lowest BCUT2D eigenvalue weighted by Gasteiger charge is -2.05. The van der Waals surface area contributed by atoms with E-state index in [0.717, 1.165) is 10.2 Å². The molecule has 4 heteroatoms. The van der Waals surface area contributed by atoms with Crippen LogP contribution in [0, 0.1) is 0 Å². The molecule has 0 amide bonds. The number of carbonyl (C=O) groups is 1. The average molecular weight is 209 g/mol. The van der Waals surface area contributed by atoms with E-state index in [1.807, 2.05) is 31.4 Å². The Balaban J connectivity index is 2.26. The van der Waals surface area contributed by atoms with Gasteiger partial charge in [-0.05, 0) is 31.4 Å². The van der Waals surface area contributed by atoms with Crippen molar-refractivity contribution in [3.63, 3.8) is 0 Å². The zero-order valence-corrected chi connectivity index (χ0v) is 8.85. The maximum Gasteiger partial charge on any atom is 0.355 e. The molecule has 2 aromatic heterocycles. The zero-order valence-electron chi connectivity index (χ0n) is 8.03. The van der Waals surface area contributed by atoms with Gasteiger partial charge in [-0.3, -0.25) is 0 Å². The summed E-state index contributed by atoms with van der Waals surface area (Å²) in [7, 11) is 0. The Hall–Kier alpha value is -1.29. The summed E-state index contributed by atoms with van der Waals surface area (Å²) in [6.07, 6.45) is -0.0798. The first kappa shape index (κ1) is 9.27. The average Bonchev–Trinajstić information content (AvgIpc) is 2.58. The fraction of sp³-hybridized carbons (Fsp3) is 0.300. The summed E-state index contributed by atoms with van der Waals surface area (Å²) in [5.41, 5.74) is 0.528. The van der Waals surface area contributed by atoms with Crippen LogP contribution in [0.4, 0.5) is 0 Å². The largest absolute Gasteiger partial charge is 0.458 e. The smallest absolute Gasteiger partial charge is 0.355 e. The summed E-state index contributed by atoms with van der Waals surface area (Å²) < 4.78 is 5.07. The minimum atomic E-state index is -0.289. The molecule has 2 aromatic rings. The summed E-state index contributed by atoms with van der Waals surface area (Å²) >= 11 is 1.58. The van der Waals surface area contributed by atoms with Gasteiger partial charge in [0.1, 0.15) is 10.5 Å². The van der Waals surface area contributed by atoms with E-state index in [1.165, 1.54) is 0 Å². The Bertz CT molecular complexity index is 427. The van der Waals surface area contributed by atoms with Crippen LogP contribution in [0.1, 0.15) is 24.3 Å². The molecule has 0 aliphatic carbocycles. The predicted molar refractivity (Wildman–Crippen MR) is 56.7 cm³/mol. The highest BCUT2D eigenvalue weighted by atomic mass is 32.1. The Morgan fingerprint density at radius 1 is 1.57 bits per heavy atom. The van der Waals surface area contributed by atoms with Crippen molar-refractivity contribution in [2.24, 2.45) is 0 Å². The van der Waals surface area contributed by atoms with Crippen LogP contribution < -0.4 is 0 Å². The van der Waals surface area contributed by atoms with Crippen molar-refractivity contribution in [1.82, 2.24) is 4.98 Å². The molecule has 0 saturated carbocycles. The summed E-state index contributed by atoms with van der Waals surface area (Å²) in [6.45, 7) is 3.67. The molecule has 0 spiro atoms. The molecular formula is C10H11NO2S. The van der Waals surface area contributed by atoms with E-state index < -0.39 is 0 Å². The first-order valence-corrected chi connectivity index (χ1v) is 5.32. The van der Waals surface area contributed by atoms with Crippen LogP contribution in [0.15, 0.2) is 17.5 Å². The Kier molecular flexibility index (Phi) is 2.29. The topological polar surface area (TPSA) is 42.1 Å². The number of H-pyrrole nitrogens is 1. The van der Waals surface area contributed by atoms with E-state index in [-0.39, 0.29) is 12.1 Å². The number of carbonyl (C=O) groups excluding carboxylic acids is 1. The van der Waals surface area contributed by atoms with Gasteiger partial charge in [-0.15, -0.1) is 11.3 Å². The van der Waals surface area contributed by atoms with Crippen molar-refractivity contribution < 1.29 is 9.53 Å². The molecule has 2 heterocycles. The second kappa shape index (κ2) is 3.46. The number of esters is 1. The molecular weight excluding hydrogens is 198 g/mol. The molecule has 2 rings (SSSR count). The summed E-state index contributed by atoms with van der Waals surface area (Å²) in [6, 6.07) is 3.79. The monoisotopic (exact) mass is 209 g/mol. The van der Waals surface area contributed by atoms with Gasteiger partial charge in [0.25, 0.3) is 0 Å². The fourth-order valence-electron chi connectivity index (χ4n) is 1.24. The molecule has 0 aliphatic heterocycles. The fourth-order valence-corrected chi connectivity index (χ4v) is 2.02. The number of hydrogen-bond donors (Lipinski definition) is 1. The van der Waals surface area contributed by atoms with E-state index in [1.54, 1.807) is 11.3 Å². The van der Waals surface area contributed by atoms with E-state index in [2.05, 4.69) is 4.98 Å². The van der Waals surface area contributed by atoms with Gasteiger partial charge in [0.05, 0.1) is 6.10 Å². The van der Waals surface area contributed by atoms with Gasteiger partial charge in [-0.1, -0.05) is 0 Å². The third kappa shape index (κ3) is 1.65. The van der Waals surface area contributed by atoms with Crippen molar-refractivity contribution in [2.45, 2.75) is 20.0 Å². The molecule has 74 valence electrons. The lowest BCUT2D eigenvalue weighted by Crippen LogP contribution is -2.11. The van der Waals surface area contributed by atoms with Crippen LogP contribution in [-0.2, 0) is 4.74 Å². The Morgan fingerprint density at radius 3 is 3.00 bits per heavy atom. The number of fused-ring (bicyclic) bond motifs is 1. The third-order valence-electron chi connectivity index (χ3n) is 1.81. The standard InChI is InChI=1S/C10H11NO2S/c1-6(2)13-10(12)8-5-7-3-4-14-9(7)11-8/h3-6,11H,1-2H3. The van der Waals surface area contributed by atoms with Gasteiger partial charge in [0.2, 0.25) is 0 Å². The zero-order chi connectivity index (χ0) is 10.1. The lowest BCUT2D eigenvalue weighted by molar-refractivity contribution is 0.0372. The molecule has 0 radical (unpaired) electrons. The molecule has 3 nitrogen and oxygen atoms in total. The number of aromatic nitrogens is 1. The van der Waals surface area contributed by atoms with Gasteiger partial charge in [0.15, 0.2) is 0 Å². The maximum atomic E-state index is 11.5. The molecule has 0 saturated heterocycles. The van der Waals surface area contributed by atoms with E-state index in [9.17, 15) is 4.79 Å². The van der Waals surface area contributed by atoms with Gasteiger partial charge in [-0.2, -0.15) is 0 Å². The number of aromatic amines is 1. The van der Waals surface area contributed by atoms with Crippen LogP contribution in [0.25, 0.3) is 10.2 Å². The van der Waals surface area contributed by atoms with Crippen LogP contribution >= 0.6 is 11.3 Å².